The van der Waals surface area contributed by atoms with Crippen molar-refractivity contribution in [3.05, 3.63) is 53.5 Å². The van der Waals surface area contributed by atoms with E-state index >= 15 is 0 Å². The molecule has 2 aromatic carbocycles. The maximum absolute atomic E-state index is 13.0. The second kappa shape index (κ2) is 8.40. The Labute approximate surface area is 184 Å². The molecule has 0 radical (unpaired) electrons. The summed E-state index contributed by atoms with van der Waals surface area (Å²) in [4.78, 5) is 35.1. The van der Waals surface area contributed by atoms with Gasteiger partial charge in [0, 0.05) is 36.9 Å². The van der Waals surface area contributed by atoms with Crippen molar-refractivity contribution in [2.45, 2.75) is 30.1 Å². The summed E-state index contributed by atoms with van der Waals surface area (Å²) in [5.41, 5.74) is 1.97. The summed E-state index contributed by atoms with van der Waals surface area (Å²) < 4.78 is 1.20. The van der Waals surface area contributed by atoms with E-state index in [4.69, 9.17) is 4.98 Å². The van der Waals surface area contributed by atoms with Gasteiger partial charge in [-0.05, 0) is 37.1 Å². The fourth-order valence-corrected chi connectivity index (χ4v) is 6.26. The Balaban J connectivity index is 1.25. The van der Waals surface area contributed by atoms with E-state index in [2.05, 4.69) is 6.07 Å². The van der Waals surface area contributed by atoms with Crippen molar-refractivity contribution in [3.8, 4) is 0 Å². The number of hydrogen-bond donors (Lipinski definition) is 0. The third-order valence-electron chi connectivity index (χ3n) is 5.79. The number of rotatable bonds is 4. The molecule has 2 aliphatic rings. The van der Waals surface area contributed by atoms with Gasteiger partial charge in [-0.15, -0.1) is 23.1 Å². The molecule has 0 bridgehead atoms. The van der Waals surface area contributed by atoms with Gasteiger partial charge in [0.05, 0.1) is 26.7 Å². The molecule has 1 unspecified atom stereocenters. The van der Waals surface area contributed by atoms with Gasteiger partial charge in [-0.3, -0.25) is 9.59 Å². The van der Waals surface area contributed by atoms with Gasteiger partial charge >= 0.3 is 0 Å². The average Bonchev–Trinajstić information content (AvgIpc) is 3.23. The predicted molar refractivity (Wildman–Crippen MR) is 122 cm³/mol. The Hall–Kier alpha value is -2.38. The van der Waals surface area contributed by atoms with Gasteiger partial charge in [-0.2, -0.15) is 0 Å². The minimum Gasteiger partial charge on any atom is -0.342 e. The summed E-state index contributed by atoms with van der Waals surface area (Å²) in [6.07, 6.45) is 2.42. The standard InChI is InChI=1S/C23H23N3O2S2/c27-21(11-13-26-18-8-2-4-10-20(18)29-15-22(26)28)25-12-5-6-16(14-25)23-24-17-7-1-3-9-19(17)30-23/h1-4,7-10,16H,5-6,11-15H2. The maximum atomic E-state index is 13.0. The molecule has 3 heterocycles. The Morgan fingerprint density at radius 2 is 1.97 bits per heavy atom. The number of para-hydroxylation sites is 2. The van der Waals surface area contributed by atoms with Gasteiger partial charge in [-0.25, -0.2) is 4.98 Å². The minimum absolute atomic E-state index is 0.0810. The minimum atomic E-state index is 0.0810. The van der Waals surface area contributed by atoms with E-state index in [1.807, 2.05) is 47.4 Å². The number of thioether (sulfide) groups is 1. The van der Waals surface area contributed by atoms with Crippen LogP contribution < -0.4 is 4.90 Å². The third kappa shape index (κ3) is 3.84. The molecule has 154 valence electrons. The zero-order valence-corrected chi connectivity index (χ0v) is 18.3. The van der Waals surface area contributed by atoms with E-state index < -0.39 is 0 Å². The lowest BCUT2D eigenvalue weighted by molar-refractivity contribution is -0.132. The number of benzene rings is 2. The van der Waals surface area contributed by atoms with Crippen molar-refractivity contribution < 1.29 is 9.59 Å². The molecular weight excluding hydrogens is 414 g/mol. The SMILES string of the molecule is O=C(CCN1C(=O)CSc2ccccc21)N1CCCC(c2nc3ccccc3s2)C1. The Bertz CT molecular complexity index is 1060. The zero-order valence-electron chi connectivity index (χ0n) is 16.6. The van der Waals surface area contributed by atoms with Crippen LogP contribution in [0.4, 0.5) is 5.69 Å². The molecule has 7 heteroatoms. The van der Waals surface area contributed by atoms with Crippen LogP contribution in [0.3, 0.4) is 0 Å². The number of nitrogens with zero attached hydrogens (tertiary/aromatic N) is 3. The van der Waals surface area contributed by atoms with E-state index in [1.54, 1.807) is 28.0 Å². The highest BCUT2D eigenvalue weighted by Gasteiger charge is 2.29. The summed E-state index contributed by atoms with van der Waals surface area (Å²) in [6.45, 7) is 1.96. The molecule has 2 amide bonds. The second-order valence-electron chi connectivity index (χ2n) is 7.75. The number of anilines is 1. The molecule has 1 atom stereocenters. The summed E-state index contributed by atoms with van der Waals surface area (Å²) in [7, 11) is 0. The number of hydrogen-bond acceptors (Lipinski definition) is 5. The maximum Gasteiger partial charge on any atom is 0.237 e. The van der Waals surface area contributed by atoms with Crippen LogP contribution in [0.15, 0.2) is 53.4 Å². The topological polar surface area (TPSA) is 53.5 Å². The molecule has 0 saturated carbocycles. The lowest BCUT2D eigenvalue weighted by atomic mass is 9.98. The molecule has 0 aliphatic carbocycles. The van der Waals surface area contributed by atoms with Gasteiger partial charge in [0.2, 0.25) is 11.8 Å². The van der Waals surface area contributed by atoms with E-state index in [1.165, 1.54) is 4.70 Å². The fourth-order valence-electron chi connectivity index (χ4n) is 4.23. The van der Waals surface area contributed by atoms with E-state index in [9.17, 15) is 9.59 Å². The molecule has 1 aromatic heterocycles. The number of fused-ring (bicyclic) bond motifs is 2. The van der Waals surface area contributed by atoms with Crippen molar-refractivity contribution in [3.63, 3.8) is 0 Å². The first-order valence-electron chi connectivity index (χ1n) is 10.3. The van der Waals surface area contributed by atoms with Crippen LogP contribution in [-0.2, 0) is 9.59 Å². The first kappa shape index (κ1) is 19.6. The number of thiazole rings is 1. The number of aromatic nitrogens is 1. The Kier molecular flexibility index (Phi) is 5.48. The molecule has 2 aliphatic heterocycles. The molecule has 0 N–H and O–H groups in total. The van der Waals surface area contributed by atoms with E-state index in [0.29, 0.717) is 24.6 Å². The lowest BCUT2D eigenvalue weighted by Gasteiger charge is -2.33. The first-order valence-corrected chi connectivity index (χ1v) is 12.1. The van der Waals surface area contributed by atoms with Crippen LogP contribution in [0, 0.1) is 0 Å². The molecule has 1 saturated heterocycles. The summed E-state index contributed by atoms with van der Waals surface area (Å²) in [6, 6.07) is 16.1. The molecule has 5 nitrogen and oxygen atoms in total. The van der Waals surface area contributed by atoms with Gasteiger partial charge in [0.25, 0.3) is 0 Å². The fraction of sp³-hybridized carbons (Fsp3) is 0.348. The monoisotopic (exact) mass is 437 g/mol. The van der Waals surface area contributed by atoms with Gasteiger partial charge in [0.1, 0.15) is 0 Å². The Morgan fingerprint density at radius 3 is 2.87 bits per heavy atom. The highest BCUT2D eigenvalue weighted by Crippen LogP contribution is 2.35. The van der Waals surface area contributed by atoms with Crippen molar-refractivity contribution >= 4 is 50.8 Å². The summed E-state index contributed by atoms with van der Waals surface area (Å²) in [5.74, 6) is 0.949. The van der Waals surface area contributed by atoms with E-state index in [-0.39, 0.29) is 11.8 Å². The molecule has 3 aromatic rings. The number of likely N-dealkylation sites (tertiary alicyclic amines) is 1. The van der Waals surface area contributed by atoms with Crippen molar-refractivity contribution in [1.82, 2.24) is 9.88 Å². The van der Waals surface area contributed by atoms with Crippen LogP contribution in [0.5, 0.6) is 0 Å². The number of carbonyl (C=O) groups is 2. The lowest BCUT2D eigenvalue weighted by Crippen LogP contribution is -2.42. The van der Waals surface area contributed by atoms with Gasteiger partial charge in [0.15, 0.2) is 0 Å². The smallest absolute Gasteiger partial charge is 0.237 e. The highest BCUT2D eigenvalue weighted by atomic mass is 32.2. The van der Waals surface area contributed by atoms with Crippen LogP contribution in [-0.4, -0.2) is 47.1 Å². The average molecular weight is 438 g/mol. The number of amides is 2. The Morgan fingerprint density at radius 1 is 1.13 bits per heavy atom. The summed E-state index contributed by atoms with van der Waals surface area (Å²) >= 11 is 3.31. The molecule has 0 spiro atoms. The van der Waals surface area contributed by atoms with Crippen LogP contribution in [0.25, 0.3) is 10.2 Å². The molecule has 1 fully saturated rings. The van der Waals surface area contributed by atoms with Crippen molar-refractivity contribution in [2.24, 2.45) is 0 Å². The first-order chi connectivity index (χ1) is 14.7. The summed E-state index contributed by atoms with van der Waals surface area (Å²) in [5, 5.41) is 1.13. The van der Waals surface area contributed by atoms with Crippen LogP contribution in [0.1, 0.15) is 30.2 Å². The van der Waals surface area contributed by atoms with Crippen molar-refractivity contribution in [2.75, 3.05) is 30.3 Å². The van der Waals surface area contributed by atoms with Crippen LogP contribution in [0.2, 0.25) is 0 Å². The largest absolute Gasteiger partial charge is 0.342 e. The quantitative estimate of drug-likeness (QED) is 0.602. The highest BCUT2D eigenvalue weighted by molar-refractivity contribution is 8.00. The second-order valence-corrected chi connectivity index (χ2v) is 9.83. The third-order valence-corrected chi connectivity index (χ3v) is 8.04. The molecular formula is C23H23N3O2S2. The number of carbonyl (C=O) groups excluding carboxylic acids is 2. The molecule has 30 heavy (non-hydrogen) atoms. The zero-order chi connectivity index (χ0) is 20.5. The van der Waals surface area contributed by atoms with Crippen LogP contribution >= 0.6 is 23.1 Å². The van der Waals surface area contributed by atoms with Gasteiger partial charge in [-0.1, -0.05) is 24.3 Å². The van der Waals surface area contributed by atoms with Gasteiger partial charge < -0.3 is 9.80 Å². The molecule has 5 rings (SSSR count). The number of piperidine rings is 1. The van der Waals surface area contributed by atoms with Crippen molar-refractivity contribution in [1.29, 1.82) is 0 Å². The predicted octanol–water partition coefficient (Wildman–Crippen LogP) is 4.53. The normalized spacial score (nSPS) is 19.2. The van der Waals surface area contributed by atoms with E-state index in [0.717, 1.165) is 47.0 Å².